The van der Waals surface area contributed by atoms with Crippen LogP contribution in [0.5, 0.6) is 0 Å². The molecule has 4 heterocycles. The number of aliphatic hydroxyl groups is 2. The van der Waals surface area contributed by atoms with E-state index < -0.39 is 44.1 Å². The van der Waals surface area contributed by atoms with Gasteiger partial charge in [0.2, 0.25) is 0 Å². The number of anilines is 2. The third-order valence-corrected chi connectivity index (χ3v) is 16.7. The second kappa shape index (κ2) is 15.0. The number of aryl methyl sites for hydroxylation is 3. The first-order valence-corrected chi connectivity index (χ1v) is 24.0. The molecule has 4 aliphatic rings. The van der Waals surface area contributed by atoms with E-state index in [0.29, 0.717) is 23.6 Å². The van der Waals surface area contributed by atoms with Gasteiger partial charge in [-0.1, -0.05) is 0 Å². The lowest BCUT2D eigenvalue weighted by molar-refractivity contribution is 0.0784. The number of urea groups is 2. The second-order valence-electron chi connectivity index (χ2n) is 16.8. The van der Waals surface area contributed by atoms with Crippen molar-refractivity contribution in [2.24, 2.45) is 24.9 Å². The van der Waals surface area contributed by atoms with Crippen LogP contribution >= 0.6 is 22.7 Å². The molecule has 8 rings (SSSR count). The van der Waals surface area contributed by atoms with Gasteiger partial charge in [-0.25, -0.2) is 18.9 Å². The van der Waals surface area contributed by atoms with Crippen molar-refractivity contribution in [2.75, 3.05) is 10.6 Å². The molecule has 0 saturated heterocycles. The Balaban J connectivity index is 1.07. The zero-order valence-corrected chi connectivity index (χ0v) is 36.1. The van der Waals surface area contributed by atoms with Gasteiger partial charge in [-0.05, 0) is 162 Å². The number of aromatic nitrogens is 2. The Hall–Kier alpha value is -3.42. The molecule has 0 aromatic carbocycles. The van der Waals surface area contributed by atoms with Crippen LogP contribution in [-0.4, -0.2) is 36.5 Å². The van der Waals surface area contributed by atoms with E-state index in [9.17, 15) is 24.0 Å². The highest BCUT2D eigenvalue weighted by Crippen LogP contribution is 2.56. The highest BCUT2D eigenvalue weighted by molar-refractivity contribution is 7.93. The van der Waals surface area contributed by atoms with Crippen LogP contribution in [0.2, 0.25) is 0 Å². The molecule has 4 aromatic heterocycles. The molecule has 13 nitrogen and oxygen atoms in total. The molecule has 4 unspecified atom stereocenters. The quantitative estimate of drug-likeness (QED) is 0.0924. The van der Waals surface area contributed by atoms with Gasteiger partial charge in [-0.15, -0.1) is 27.0 Å². The SMILES string of the molecule is Cc1nc2c(c(NC(=O)N=S(N)(=O)c3cc(C(C)(C)O)cs3)c1C1CC1Cc1nc3c(c(NC(=O)/N=S(\N)c4cc(C(C)(C)O)cs4)c1C1CC1)CCC3)CCC2. The monoisotopic (exact) mass is 850 g/mol. The molecule has 2 fully saturated rings. The molecule has 2 saturated carbocycles. The summed E-state index contributed by atoms with van der Waals surface area (Å²) in [5.74, 6) is 0.656. The zero-order chi connectivity index (χ0) is 40.6. The van der Waals surface area contributed by atoms with E-state index in [4.69, 9.17) is 20.2 Å². The van der Waals surface area contributed by atoms with Crippen molar-refractivity contribution in [3.63, 3.8) is 0 Å². The maximum Gasteiger partial charge on any atom is 0.354 e. The fourth-order valence-electron chi connectivity index (χ4n) is 8.26. The van der Waals surface area contributed by atoms with Crippen molar-refractivity contribution in [1.82, 2.24) is 9.97 Å². The standard InChI is InChI=1S/C40H50N8O5S4/c1-20-33(35(25-8-6-10-28(25)43-20)46-38(50)48-57(42,53)32-17-24(19-55-32)40(4,5)52)27-14-22(27)15-30-34(21-12-13-21)36(26-9-7-11-29(26)44-30)45-37(49)47-56(41)31-16-23(18-54-31)39(2,3)51/h16-19,21-22,27,51-52H,6-15H2,1-5H3,(H3,41,44,45,47,49)(H3,42,43,46,48,50,53). The molecule has 8 N–H and O–H groups in total. The Morgan fingerprint density at radius 2 is 1.51 bits per heavy atom. The molecule has 57 heavy (non-hydrogen) atoms. The second-order valence-corrected chi connectivity index (χ2v) is 22.2. The summed E-state index contributed by atoms with van der Waals surface area (Å²) in [6, 6.07) is 2.09. The Labute approximate surface area is 344 Å². The van der Waals surface area contributed by atoms with Crippen LogP contribution in [0.15, 0.2) is 40.0 Å². The number of carbonyl (C=O) groups excluding carboxylic acids is 2. The molecule has 0 spiro atoms. The lowest BCUT2D eigenvalue weighted by Gasteiger charge is -2.19. The average molecular weight is 851 g/mol. The normalized spacial score (nSPS) is 20.5. The van der Waals surface area contributed by atoms with Crippen molar-refractivity contribution in [1.29, 1.82) is 0 Å². The van der Waals surface area contributed by atoms with E-state index in [1.807, 2.05) is 18.4 Å². The van der Waals surface area contributed by atoms with Crippen molar-refractivity contribution in [2.45, 2.75) is 130 Å². The number of thiophene rings is 2. The summed E-state index contributed by atoms with van der Waals surface area (Å²) in [7, 11) is -4.75. The predicted octanol–water partition coefficient (Wildman–Crippen LogP) is 7.76. The summed E-state index contributed by atoms with van der Waals surface area (Å²) in [5.41, 5.74) is 8.70. The Morgan fingerprint density at radius 1 is 0.912 bits per heavy atom. The third-order valence-electron chi connectivity index (χ3n) is 11.4. The number of pyridine rings is 2. The van der Waals surface area contributed by atoms with Crippen molar-refractivity contribution >= 4 is 66.9 Å². The van der Waals surface area contributed by atoms with Gasteiger partial charge < -0.3 is 20.8 Å². The molecule has 17 heteroatoms. The number of rotatable bonds is 10. The van der Waals surface area contributed by atoms with Crippen LogP contribution in [0, 0.1) is 12.8 Å². The van der Waals surface area contributed by atoms with E-state index >= 15 is 0 Å². The molecule has 4 amide bonds. The van der Waals surface area contributed by atoms with Crippen molar-refractivity contribution in [3.8, 4) is 0 Å². The molecular weight excluding hydrogens is 801 g/mol. The average Bonchev–Trinajstić information content (AvgIpc) is 3.69. The number of hydrogen-bond donors (Lipinski definition) is 6. The van der Waals surface area contributed by atoms with Gasteiger partial charge in [0.25, 0.3) is 0 Å². The number of nitrogens with zero attached hydrogens (tertiary/aromatic N) is 4. The summed E-state index contributed by atoms with van der Waals surface area (Å²) in [5, 5.41) is 43.1. The minimum Gasteiger partial charge on any atom is -0.386 e. The van der Waals surface area contributed by atoms with Gasteiger partial charge in [0.05, 0.1) is 26.8 Å². The minimum absolute atomic E-state index is 0.113. The number of nitrogens with one attached hydrogen (secondary N) is 2. The summed E-state index contributed by atoms with van der Waals surface area (Å²) >= 11 is 2.49. The first-order chi connectivity index (χ1) is 26.9. The Bertz CT molecular complexity index is 2460. The van der Waals surface area contributed by atoms with Gasteiger partial charge in [-0.2, -0.15) is 4.36 Å². The highest BCUT2D eigenvalue weighted by Gasteiger charge is 2.44. The third kappa shape index (κ3) is 8.40. The number of carbonyl (C=O) groups is 2. The maximum atomic E-state index is 13.6. The topological polar surface area (TPSA) is 218 Å². The van der Waals surface area contributed by atoms with E-state index in [1.54, 1.807) is 39.1 Å². The number of nitrogens with two attached hydrogens (primary N) is 2. The largest absolute Gasteiger partial charge is 0.386 e. The van der Waals surface area contributed by atoms with Crippen LogP contribution in [0.4, 0.5) is 21.0 Å². The van der Waals surface area contributed by atoms with Crippen molar-refractivity contribution < 1.29 is 24.0 Å². The van der Waals surface area contributed by atoms with E-state index in [1.165, 1.54) is 11.3 Å². The van der Waals surface area contributed by atoms with Gasteiger partial charge in [0, 0.05) is 44.8 Å². The zero-order valence-electron chi connectivity index (χ0n) is 32.8. The van der Waals surface area contributed by atoms with Gasteiger partial charge in [0.15, 0.2) is 9.92 Å². The molecule has 0 radical (unpaired) electrons. The van der Waals surface area contributed by atoms with Gasteiger partial charge >= 0.3 is 12.1 Å². The lowest BCUT2D eigenvalue weighted by atomic mass is 9.95. The van der Waals surface area contributed by atoms with Gasteiger partial charge in [0.1, 0.15) is 4.21 Å². The smallest absolute Gasteiger partial charge is 0.354 e. The molecule has 304 valence electrons. The molecule has 4 aromatic rings. The summed E-state index contributed by atoms with van der Waals surface area (Å²) in [6.07, 6.45) is 8.82. The van der Waals surface area contributed by atoms with Crippen LogP contribution < -0.4 is 20.9 Å². The Morgan fingerprint density at radius 3 is 2.12 bits per heavy atom. The maximum absolute atomic E-state index is 13.6. The predicted molar refractivity (Wildman–Crippen MR) is 226 cm³/mol. The van der Waals surface area contributed by atoms with Crippen LogP contribution in [0.25, 0.3) is 0 Å². The number of fused-ring (bicyclic) bond motifs is 2. The number of hydrogen-bond acceptors (Lipinski definition) is 9. The van der Waals surface area contributed by atoms with Crippen LogP contribution in [-0.2, 0) is 64.1 Å². The summed E-state index contributed by atoms with van der Waals surface area (Å²) in [6.45, 7) is 8.66. The fraction of sp³-hybridized carbons (Fsp3) is 0.500. The minimum atomic E-state index is -3.57. The molecule has 0 aliphatic heterocycles. The Kier molecular flexibility index (Phi) is 10.6. The highest BCUT2D eigenvalue weighted by atomic mass is 32.2. The van der Waals surface area contributed by atoms with Crippen molar-refractivity contribution in [3.05, 3.63) is 79.0 Å². The lowest BCUT2D eigenvalue weighted by Crippen LogP contribution is -2.19. The van der Waals surface area contributed by atoms with E-state index in [-0.39, 0.29) is 16.0 Å². The fourth-order valence-corrected chi connectivity index (χ4v) is 12.5. The first-order valence-electron chi connectivity index (χ1n) is 19.4. The summed E-state index contributed by atoms with van der Waals surface area (Å²) < 4.78 is 22.8. The first kappa shape index (κ1) is 40.4. The molecular formula is C40H50N8O5S4. The van der Waals surface area contributed by atoms with Gasteiger partial charge in [-0.3, -0.25) is 15.1 Å². The molecule has 4 atom stereocenters. The molecule has 0 bridgehead atoms. The van der Waals surface area contributed by atoms with E-state index in [0.717, 1.165) is 130 Å². The summed E-state index contributed by atoms with van der Waals surface area (Å²) in [4.78, 5) is 37.4. The number of amides is 4. The van der Waals surface area contributed by atoms with Crippen LogP contribution in [0.3, 0.4) is 0 Å². The molecule has 4 aliphatic carbocycles. The van der Waals surface area contributed by atoms with E-state index in [2.05, 4.69) is 19.4 Å². The van der Waals surface area contributed by atoms with Crippen LogP contribution in [0.1, 0.15) is 128 Å².